The average molecular weight is 220 g/mol. The van der Waals surface area contributed by atoms with E-state index in [-0.39, 0.29) is 6.61 Å². The summed E-state index contributed by atoms with van der Waals surface area (Å²) in [5.74, 6) is 0.0611. The number of ether oxygens (including phenoxy) is 2. The summed E-state index contributed by atoms with van der Waals surface area (Å²) < 4.78 is 11.6. The number of carbonyl (C=O) groups is 1. The smallest absolute Gasteiger partial charge is 0.337 e. The van der Waals surface area contributed by atoms with Gasteiger partial charge in [0.05, 0.1) is 17.4 Å². The van der Waals surface area contributed by atoms with Crippen molar-refractivity contribution in [3.8, 4) is 5.75 Å². The highest BCUT2D eigenvalue weighted by atomic mass is 16.6. The molecule has 0 radical (unpaired) electrons. The molecular weight excluding hydrogens is 208 g/mol. The Labute approximate surface area is 92.6 Å². The molecule has 5 heteroatoms. The number of rotatable bonds is 3. The van der Waals surface area contributed by atoms with Crippen LogP contribution in [0.2, 0.25) is 0 Å². The van der Waals surface area contributed by atoms with Crippen molar-refractivity contribution >= 4 is 17.0 Å². The van der Waals surface area contributed by atoms with E-state index in [0.717, 1.165) is 11.0 Å². The summed E-state index contributed by atoms with van der Waals surface area (Å²) in [6.45, 7) is -0.0553. The van der Waals surface area contributed by atoms with Crippen LogP contribution in [0.25, 0.3) is 11.0 Å². The van der Waals surface area contributed by atoms with E-state index in [0.29, 0.717) is 5.75 Å². The van der Waals surface area contributed by atoms with Crippen molar-refractivity contribution in [2.24, 2.45) is 7.05 Å². The molecule has 0 atom stereocenters. The standard InChI is InChI=1S/C11H12N2O3/c1-13-7-12-9-5-8(3-4-10(9)13)16-11(14)6-15-2/h3-5,7H,6H2,1-2H3. The Kier molecular flexibility index (Phi) is 2.87. The normalized spacial score (nSPS) is 10.6. The molecule has 0 N–H and O–H groups in total. The zero-order chi connectivity index (χ0) is 11.5. The van der Waals surface area contributed by atoms with Crippen molar-refractivity contribution in [3.05, 3.63) is 24.5 Å². The lowest BCUT2D eigenvalue weighted by Gasteiger charge is -2.03. The van der Waals surface area contributed by atoms with Gasteiger partial charge in [0.1, 0.15) is 12.4 Å². The molecule has 0 amide bonds. The maximum atomic E-state index is 11.2. The van der Waals surface area contributed by atoms with Gasteiger partial charge in [0, 0.05) is 20.2 Å². The number of imidazole rings is 1. The zero-order valence-electron chi connectivity index (χ0n) is 9.14. The SMILES string of the molecule is COCC(=O)Oc1ccc2c(c1)ncn2C. The van der Waals surface area contributed by atoms with E-state index in [1.54, 1.807) is 18.5 Å². The van der Waals surface area contributed by atoms with Crippen LogP contribution in [-0.2, 0) is 16.6 Å². The highest BCUT2D eigenvalue weighted by Gasteiger charge is 2.06. The Morgan fingerprint density at radius 2 is 2.31 bits per heavy atom. The highest BCUT2D eigenvalue weighted by Crippen LogP contribution is 2.19. The number of hydrogen-bond acceptors (Lipinski definition) is 4. The van der Waals surface area contributed by atoms with Crippen LogP contribution in [0.3, 0.4) is 0 Å². The number of methoxy groups -OCH3 is 1. The topological polar surface area (TPSA) is 53.4 Å². The molecule has 1 aromatic carbocycles. The average Bonchev–Trinajstić information content (AvgIpc) is 2.60. The second-order valence-corrected chi connectivity index (χ2v) is 3.41. The van der Waals surface area contributed by atoms with Gasteiger partial charge in [-0.1, -0.05) is 0 Å². The van der Waals surface area contributed by atoms with Gasteiger partial charge in [-0.3, -0.25) is 0 Å². The molecule has 0 aliphatic heterocycles. The van der Waals surface area contributed by atoms with E-state index in [1.807, 2.05) is 17.7 Å². The molecule has 0 bridgehead atoms. The molecule has 5 nitrogen and oxygen atoms in total. The summed E-state index contributed by atoms with van der Waals surface area (Å²) in [5.41, 5.74) is 1.79. The van der Waals surface area contributed by atoms with Gasteiger partial charge in [0.15, 0.2) is 0 Å². The first-order valence-electron chi connectivity index (χ1n) is 4.81. The Balaban J connectivity index is 2.23. The first-order chi connectivity index (χ1) is 7.70. The summed E-state index contributed by atoms with van der Waals surface area (Å²) in [7, 11) is 3.36. The molecule has 2 rings (SSSR count). The van der Waals surface area contributed by atoms with Crippen LogP contribution in [0.1, 0.15) is 0 Å². The molecule has 0 saturated carbocycles. The molecular formula is C11H12N2O3. The number of hydrogen-bond donors (Lipinski definition) is 0. The molecule has 0 fully saturated rings. The van der Waals surface area contributed by atoms with Crippen LogP contribution in [0.15, 0.2) is 24.5 Å². The van der Waals surface area contributed by atoms with Crippen LogP contribution in [0, 0.1) is 0 Å². The minimum atomic E-state index is -0.419. The van der Waals surface area contributed by atoms with Gasteiger partial charge in [-0.2, -0.15) is 0 Å². The fraction of sp³-hybridized carbons (Fsp3) is 0.273. The molecule has 84 valence electrons. The summed E-state index contributed by atoms with van der Waals surface area (Å²) in [6, 6.07) is 5.32. The first-order valence-corrected chi connectivity index (χ1v) is 4.81. The molecule has 0 unspecified atom stereocenters. The van der Waals surface area contributed by atoms with Gasteiger partial charge in [-0.25, -0.2) is 9.78 Å². The molecule has 0 aliphatic rings. The fourth-order valence-corrected chi connectivity index (χ4v) is 1.46. The van der Waals surface area contributed by atoms with Crippen LogP contribution in [-0.4, -0.2) is 29.2 Å². The van der Waals surface area contributed by atoms with Crippen molar-refractivity contribution in [1.82, 2.24) is 9.55 Å². The predicted octanol–water partition coefficient (Wildman–Crippen LogP) is 1.13. The largest absolute Gasteiger partial charge is 0.425 e. The van der Waals surface area contributed by atoms with Crippen LogP contribution in [0.5, 0.6) is 5.75 Å². The van der Waals surface area contributed by atoms with Crippen molar-refractivity contribution in [2.75, 3.05) is 13.7 Å². The molecule has 0 saturated heterocycles. The Bertz CT molecular complexity index is 519. The summed E-state index contributed by atoms with van der Waals surface area (Å²) in [4.78, 5) is 15.4. The number of aryl methyl sites for hydroxylation is 1. The van der Waals surface area contributed by atoms with Gasteiger partial charge >= 0.3 is 5.97 Å². The van der Waals surface area contributed by atoms with Crippen molar-refractivity contribution in [2.45, 2.75) is 0 Å². The van der Waals surface area contributed by atoms with E-state index in [1.165, 1.54) is 7.11 Å². The van der Waals surface area contributed by atoms with Crippen molar-refractivity contribution in [3.63, 3.8) is 0 Å². The molecule has 0 spiro atoms. The second kappa shape index (κ2) is 4.32. The zero-order valence-corrected chi connectivity index (χ0v) is 9.14. The lowest BCUT2D eigenvalue weighted by molar-refractivity contribution is -0.138. The monoisotopic (exact) mass is 220 g/mol. The predicted molar refractivity (Wildman–Crippen MR) is 58.2 cm³/mol. The van der Waals surface area contributed by atoms with Crippen LogP contribution < -0.4 is 4.74 Å². The number of aromatic nitrogens is 2. The van der Waals surface area contributed by atoms with Gasteiger partial charge in [-0.05, 0) is 12.1 Å². The van der Waals surface area contributed by atoms with E-state index < -0.39 is 5.97 Å². The van der Waals surface area contributed by atoms with Gasteiger partial charge in [0.25, 0.3) is 0 Å². The Hall–Kier alpha value is -1.88. The minimum Gasteiger partial charge on any atom is -0.425 e. The number of esters is 1. The first kappa shape index (κ1) is 10.6. The minimum absolute atomic E-state index is 0.0553. The third-order valence-electron chi connectivity index (χ3n) is 2.19. The maximum Gasteiger partial charge on any atom is 0.337 e. The third kappa shape index (κ3) is 2.04. The quantitative estimate of drug-likeness (QED) is 0.574. The van der Waals surface area contributed by atoms with Gasteiger partial charge in [0.2, 0.25) is 0 Å². The Morgan fingerprint density at radius 3 is 3.06 bits per heavy atom. The number of nitrogens with zero attached hydrogens (tertiary/aromatic N) is 2. The highest BCUT2D eigenvalue weighted by molar-refractivity contribution is 5.79. The number of carbonyl (C=O) groups excluding carboxylic acids is 1. The van der Waals surface area contributed by atoms with Crippen molar-refractivity contribution < 1.29 is 14.3 Å². The maximum absolute atomic E-state index is 11.2. The van der Waals surface area contributed by atoms with Crippen LogP contribution in [0.4, 0.5) is 0 Å². The number of fused-ring (bicyclic) bond motifs is 1. The summed E-state index contributed by atoms with van der Waals surface area (Å²) in [6.07, 6.45) is 1.71. The molecule has 1 heterocycles. The third-order valence-corrected chi connectivity index (χ3v) is 2.19. The number of benzene rings is 1. The van der Waals surface area contributed by atoms with E-state index in [4.69, 9.17) is 4.74 Å². The van der Waals surface area contributed by atoms with Gasteiger partial charge < -0.3 is 14.0 Å². The summed E-state index contributed by atoms with van der Waals surface area (Å²) >= 11 is 0. The van der Waals surface area contributed by atoms with E-state index in [9.17, 15) is 4.79 Å². The molecule has 1 aromatic heterocycles. The molecule has 2 aromatic rings. The summed E-state index contributed by atoms with van der Waals surface area (Å²) in [5, 5.41) is 0. The van der Waals surface area contributed by atoms with Crippen molar-refractivity contribution in [1.29, 1.82) is 0 Å². The Morgan fingerprint density at radius 1 is 1.50 bits per heavy atom. The molecule has 0 aliphatic carbocycles. The lowest BCUT2D eigenvalue weighted by atomic mass is 10.3. The molecule has 16 heavy (non-hydrogen) atoms. The van der Waals surface area contributed by atoms with Crippen LogP contribution >= 0.6 is 0 Å². The second-order valence-electron chi connectivity index (χ2n) is 3.41. The fourth-order valence-electron chi connectivity index (χ4n) is 1.46. The van der Waals surface area contributed by atoms with E-state index >= 15 is 0 Å². The lowest BCUT2D eigenvalue weighted by Crippen LogP contribution is -2.14. The van der Waals surface area contributed by atoms with E-state index in [2.05, 4.69) is 9.72 Å². The van der Waals surface area contributed by atoms with Gasteiger partial charge in [-0.15, -0.1) is 0 Å².